The summed E-state index contributed by atoms with van der Waals surface area (Å²) < 4.78 is 12.1. The zero-order chi connectivity index (χ0) is 27.4. The molecule has 0 saturated carbocycles. The van der Waals surface area contributed by atoms with Crippen LogP contribution in [0.5, 0.6) is 11.5 Å². The van der Waals surface area contributed by atoms with Crippen LogP contribution in [0.1, 0.15) is 73.9 Å². The summed E-state index contributed by atoms with van der Waals surface area (Å²) in [6.07, 6.45) is 0. The Morgan fingerprint density at radius 2 is 0.947 bits per heavy atom. The van der Waals surface area contributed by atoms with Crippen LogP contribution in [0.25, 0.3) is 0 Å². The summed E-state index contributed by atoms with van der Waals surface area (Å²) in [5.41, 5.74) is 6.65. The minimum atomic E-state index is -0.405. The smallest absolute Gasteiger partial charge is 0.343 e. The molecule has 0 amide bonds. The van der Waals surface area contributed by atoms with Crippen molar-refractivity contribution in [2.75, 3.05) is 0 Å². The molecule has 0 radical (unpaired) electrons. The lowest BCUT2D eigenvalue weighted by Gasteiger charge is -2.28. The van der Waals surface area contributed by atoms with Crippen LogP contribution in [0, 0.1) is 33.6 Å². The zero-order valence-corrected chi connectivity index (χ0v) is 22.9. The van der Waals surface area contributed by atoms with E-state index in [0.717, 1.165) is 33.4 Å². The van der Waals surface area contributed by atoms with Crippen LogP contribution in [0.3, 0.4) is 0 Å². The molecule has 0 aromatic heterocycles. The first-order valence-corrected chi connectivity index (χ1v) is 12.9. The third kappa shape index (κ3) is 5.86. The predicted molar refractivity (Wildman–Crippen MR) is 151 cm³/mol. The summed E-state index contributed by atoms with van der Waals surface area (Å²) in [6.45, 7) is 12.2. The average Bonchev–Trinajstić information content (AvgIpc) is 2.88. The molecule has 194 valence electrons. The molecule has 4 rings (SSSR count). The lowest BCUT2D eigenvalue weighted by atomic mass is 9.79. The summed E-state index contributed by atoms with van der Waals surface area (Å²) in [7, 11) is 0. The third-order valence-corrected chi connectivity index (χ3v) is 6.64. The van der Waals surface area contributed by atoms with Crippen molar-refractivity contribution in [3.05, 3.63) is 129 Å². The Labute approximate surface area is 225 Å². The minimum absolute atomic E-state index is 0.112. The van der Waals surface area contributed by atoms with Gasteiger partial charge < -0.3 is 9.47 Å². The van der Waals surface area contributed by atoms with Crippen molar-refractivity contribution in [2.45, 2.75) is 47.5 Å². The Kier molecular flexibility index (Phi) is 8.11. The van der Waals surface area contributed by atoms with Gasteiger partial charge in [-0.1, -0.05) is 85.6 Å². The van der Waals surface area contributed by atoms with Gasteiger partial charge in [-0.05, 0) is 69.0 Å². The SMILES string of the molecule is Cc1cc(C)c(OC(=O)c2ccccc2)c(C(c2cc(C)cc(C)c2OC(=O)c2ccccc2)C(C)C)c1. The van der Waals surface area contributed by atoms with Crippen LogP contribution in [-0.2, 0) is 0 Å². The number of ether oxygens (including phenoxy) is 2. The number of carbonyl (C=O) groups excluding carboxylic acids is 2. The van der Waals surface area contributed by atoms with Crippen molar-refractivity contribution in [1.29, 1.82) is 0 Å². The van der Waals surface area contributed by atoms with Crippen LogP contribution in [-0.4, -0.2) is 11.9 Å². The molecule has 4 heteroatoms. The van der Waals surface area contributed by atoms with Gasteiger partial charge in [-0.25, -0.2) is 9.59 Å². The number of esters is 2. The maximum atomic E-state index is 13.1. The fourth-order valence-corrected chi connectivity index (χ4v) is 5.05. The van der Waals surface area contributed by atoms with E-state index in [-0.39, 0.29) is 11.8 Å². The Morgan fingerprint density at radius 3 is 1.29 bits per heavy atom. The summed E-state index contributed by atoms with van der Waals surface area (Å²) in [4.78, 5) is 26.2. The number of hydrogen-bond acceptors (Lipinski definition) is 4. The highest BCUT2D eigenvalue weighted by atomic mass is 16.5. The van der Waals surface area contributed by atoms with E-state index in [1.54, 1.807) is 24.3 Å². The first-order chi connectivity index (χ1) is 18.2. The molecule has 0 fully saturated rings. The van der Waals surface area contributed by atoms with Crippen LogP contribution in [0.15, 0.2) is 84.9 Å². The van der Waals surface area contributed by atoms with Gasteiger partial charge >= 0.3 is 11.9 Å². The molecule has 0 spiro atoms. The Hall–Kier alpha value is -4.18. The summed E-state index contributed by atoms with van der Waals surface area (Å²) >= 11 is 0. The fourth-order valence-electron chi connectivity index (χ4n) is 5.05. The molecular formula is C34H34O4. The van der Waals surface area contributed by atoms with Gasteiger partial charge in [0.1, 0.15) is 11.5 Å². The van der Waals surface area contributed by atoms with Gasteiger partial charge in [-0.3, -0.25) is 0 Å². The van der Waals surface area contributed by atoms with Crippen LogP contribution in [0.2, 0.25) is 0 Å². The molecule has 0 bridgehead atoms. The zero-order valence-electron chi connectivity index (χ0n) is 22.9. The molecule has 0 atom stereocenters. The second-order valence-corrected chi connectivity index (χ2v) is 10.2. The standard InChI is InChI=1S/C34H34O4/c1-21(2)30(28-19-22(3)17-24(5)31(28)37-33(35)26-13-9-7-10-14-26)29-20-23(4)18-25(6)32(29)38-34(36)27-15-11-8-12-16-27/h7-21,30H,1-6H3. The topological polar surface area (TPSA) is 52.6 Å². The molecule has 0 aliphatic heterocycles. The Bertz CT molecular complexity index is 1340. The lowest BCUT2D eigenvalue weighted by Crippen LogP contribution is -2.18. The Morgan fingerprint density at radius 1 is 0.579 bits per heavy atom. The van der Waals surface area contributed by atoms with Gasteiger partial charge in [-0.15, -0.1) is 0 Å². The van der Waals surface area contributed by atoms with Gasteiger partial charge in [0.2, 0.25) is 0 Å². The fraction of sp³-hybridized carbons (Fsp3) is 0.235. The van der Waals surface area contributed by atoms with E-state index in [2.05, 4.69) is 26.0 Å². The molecule has 0 aliphatic carbocycles. The van der Waals surface area contributed by atoms with Crippen LogP contribution < -0.4 is 9.47 Å². The van der Waals surface area contributed by atoms with Gasteiger partial charge in [0.15, 0.2) is 0 Å². The maximum Gasteiger partial charge on any atom is 0.343 e. The second kappa shape index (κ2) is 11.5. The molecule has 4 aromatic rings. The van der Waals surface area contributed by atoms with Gasteiger partial charge in [0.05, 0.1) is 11.1 Å². The summed E-state index contributed by atoms with van der Waals surface area (Å²) in [5.74, 6) is 0.199. The van der Waals surface area contributed by atoms with E-state index in [9.17, 15) is 9.59 Å². The van der Waals surface area contributed by atoms with Gasteiger partial charge in [0, 0.05) is 17.0 Å². The van der Waals surface area contributed by atoms with Crippen molar-refractivity contribution in [3.63, 3.8) is 0 Å². The molecule has 4 aromatic carbocycles. The van der Waals surface area contributed by atoms with Crippen molar-refractivity contribution in [2.24, 2.45) is 5.92 Å². The van der Waals surface area contributed by atoms with Crippen molar-refractivity contribution in [3.8, 4) is 11.5 Å². The molecule has 4 nitrogen and oxygen atoms in total. The molecule has 0 unspecified atom stereocenters. The lowest BCUT2D eigenvalue weighted by molar-refractivity contribution is 0.0724. The quantitative estimate of drug-likeness (QED) is 0.187. The molecule has 38 heavy (non-hydrogen) atoms. The summed E-state index contributed by atoms with van der Waals surface area (Å²) in [5, 5.41) is 0. The minimum Gasteiger partial charge on any atom is -0.422 e. The molecular weight excluding hydrogens is 472 g/mol. The second-order valence-electron chi connectivity index (χ2n) is 10.2. The van der Waals surface area contributed by atoms with Crippen molar-refractivity contribution < 1.29 is 19.1 Å². The van der Waals surface area contributed by atoms with Crippen molar-refractivity contribution in [1.82, 2.24) is 0 Å². The molecule has 0 heterocycles. The average molecular weight is 507 g/mol. The van der Waals surface area contributed by atoms with E-state index < -0.39 is 11.9 Å². The molecule has 0 N–H and O–H groups in total. The van der Waals surface area contributed by atoms with E-state index in [4.69, 9.17) is 9.47 Å². The first kappa shape index (κ1) is 26.9. The normalized spacial score (nSPS) is 11.1. The summed E-state index contributed by atoms with van der Waals surface area (Å²) in [6, 6.07) is 26.2. The highest BCUT2D eigenvalue weighted by Gasteiger charge is 2.29. The number of carbonyl (C=O) groups is 2. The van der Waals surface area contributed by atoms with Crippen molar-refractivity contribution >= 4 is 11.9 Å². The van der Waals surface area contributed by atoms with Gasteiger partial charge in [-0.2, -0.15) is 0 Å². The molecule has 0 saturated heterocycles. The Balaban J connectivity index is 1.85. The number of benzene rings is 4. The first-order valence-electron chi connectivity index (χ1n) is 12.9. The molecule has 0 aliphatic rings. The van der Waals surface area contributed by atoms with Crippen LogP contribution >= 0.6 is 0 Å². The van der Waals surface area contributed by atoms with E-state index in [0.29, 0.717) is 22.6 Å². The number of hydrogen-bond donors (Lipinski definition) is 0. The van der Waals surface area contributed by atoms with Gasteiger partial charge in [0.25, 0.3) is 0 Å². The number of aryl methyl sites for hydroxylation is 4. The highest BCUT2D eigenvalue weighted by Crippen LogP contribution is 2.44. The highest BCUT2D eigenvalue weighted by molar-refractivity contribution is 5.92. The largest absolute Gasteiger partial charge is 0.422 e. The number of rotatable bonds is 7. The van der Waals surface area contributed by atoms with E-state index >= 15 is 0 Å². The van der Waals surface area contributed by atoms with E-state index in [1.165, 1.54) is 0 Å². The van der Waals surface area contributed by atoms with E-state index in [1.807, 2.05) is 76.2 Å². The maximum absolute atomic E-state index is 13.1. The third-order valence-electron chi connectivity index (χ3n) is 6.64. The van der Waals surface area contributed by atoms with Crippen LogP contribution in [0.4, 0.5) is 0 Å². The monoisotopic (exact) mass is 506 g/mol. The predicted octanol–water partition coefficient (Wildman–Crippen LogP) is 8.15.